The molecule has 0 saturated carbocycles. The molecule has 1 aliphatic rings. The number of nitrogens with zero attached hydrogens (tertiary/aromatic N) is 2. The predicted octanol–water partition coefficient (Wildman–Crippen LogP) is 4.75. The molecule has 0 spiro atoms. The van der Waals surface area contributed by atoms with Crippen molar-refractivity contribution in [3.05, 3.63) is 82.3 Å². The number of rotatable bonds is 4. The molecule has 2 N–H and O–H groups in total. The van der Waals surface area contributed by atoms with Crippen molar-refractivity contribution in [1.82, 2.24) is 9.97 Å². The van der Waals surface area contributed by atoms with Crippen LogP contribution >= 0.6 is 11.6 Å². The van der Waals surface area contributed by atoms with Gasteiger partial charge in [-0.1, -0.05) is 23.7 Å². The summed E-state index contributed by atoms with van der Waals surface area (Å²) in [6.45, 7) is 1.75. The Morgan fingerprint density at radius 1 is 1.18 bits per heavy atom. The highest BCUT2D eigenvalue weighted by atomic mass is 35.5. The van der Waals surface area contributed by atoms with Gasteiger partial charge in [0.25, 0.3) is 5.78 Å². The van der Waals surface area contributed by atoms with Crippen molar-refractivity contribution < 1.29 is 23.8 Å². The quantitative estimate of drug-likeness (QED) is 0.257. The number of hydrogen-bond acceptors (Lipinski definition) is 6. The molecule has 2 aromatic carbocycles. The molecular weight excluding hydrogens is 446 g/mol. The number of aromatic nitrogens is 2. The number of ether oxygens (including phenoxy) is 1. The lowest BCUT2D eigenvalue weighted by atomic mass is 9.99. The average Bonchev–Trinajstić information content (AvgIpc) is 3.49. The summed E-state index contributed by atoms with van der Waals surface area (Å²) in [6.07, 6.45) is 0. The van der Waals surface area contributed by atoms with E-state index in [1.807, 2.05) is 18.2 Å². The Labute approximate surface area is 193 Å². The second-order valence-corrected chi connectivity index (χ2v) is 7.98. The lowest BCUT2D eigenvalue weighted by Gasteiger charge is -2.21. The molecule has 9 heteroatoms. The van der Waals surface area contributed by atoms with E-state index < -0.39 is 23.5 Å². The van der Waals surface area contributed by atoms with Crippen molar-refractivity contribution in [2.75, 3.05) is 12.0 Å². The van der Waals surface area contributed by atoms with Crippen molar-refractivity contribution in [2.24, 2.45) is 0 Å². The topological polar surface area (TPSA) is 109 Å². The van der Waals surface area contributed by atoms with Crippen LogP contribution in [0.3, 0.4) is 0 Å². The third kappa shape index (κ3) is 3.35. The molecule has 4 aromatic rings. The first-order valence-electron chi connectivity index (χ1n) is 10.0. The average molecular weight is 464 g/mol. The van der Waals surface area contributed by atoms with Gasteiger partial charge >= 0.3 is 5.91 Å². The van der Waals surface area contributed by atoms with Gasteiger partial charge in [0.1, 0.15) is 29.1 Å². The number of aryl methyl sites for hydroxylation is 1. The number of imidazole rings is 1. The Balaban J connectivity index is 1.75. The van der Waals surface area contributed by atoms with Crippen molar-refractivity contribution in [2.45, 2.75) is 13.0 Å². The number of nitrogens with one attached hydrogen (secondary N) is 1. The molecular formula is C24H18ClN3O5. The van der Waals surface area contributed by atoms with Crippen LogP contribution in [-0.2, 0) is 9.59 Å². The summed E-state index contributed by atoms with van der Waals surface area (Å²) < 4.78 is 11.1. The number of methoxy groups -OCH3 is 1. The third-order valence-corrected chi connectivity index (χ3v) is 5.73. The number of carbonyl (C=O) groups excluding carboxylic acids is 2. The van der Waals surface area contributed by atoms with Crippen LogP contribution in [0, 0.1) is 6.92 Å². The van der Waals surface area contributed by atoms with Crippen molar-refractivity contribution in [3.63, 3.8) is 0 Å². The molecule has 2 aromatic heterocycles. The zero-order chi connectivity index (χ0) is 23.3. The van der Waals surface area contributed by atoms with E-state index in [0.717, 1.165) is 0 Å². The zero-order valence-corrected chi connectivity index (χ0v) is 18.4. The number of para-hydroxylation sites is 2. The Hall–Kier alpha value is -4.04. The number of halogens is 1. The number of anilines is 1. The van der Waals surface area contributed by atoms with E-state index in [0.29, 0.717) is 33.3 Å². The maximum absolute atomic E-state index is 13.2. The molecule has 0 bridgehead atoms. The second-order valence-electron chi connectivity index (χ2n) is 7.54. The van der Waals surface area contributed by atoms with E-state index in [9.17, 15) is 14.7 Å². The van der Waals surface area contributed by atoms with Gasteiger partial charge in [-0.15, -0.1) is 0 Å². The highest BCUT2D eigenvalue weighted by Crippen LogP contribution is 2.43. The number of aliphatic hydroxyl groups is 1. The van der Waals surface area contributed by atoms with Crippen LogP contribution in [0.25, 0.3) is 16.8 Å². The Bertz CT molecular complexity index is 1420. The maximum Gasteiger partial charge on any atom is 0.302 e. The molecule has 33 heavy (non-hydrogen) atoms. The summed E-state index contributed by atoms with van der Waals surface area (Å²) in [5, 5.41) is 11.6. The first-order chi connectivity index (χ1) is 15.9. The molecule has 1 saturated heterocycles. The molecule has 166 valence electrons. The van der Waals surface area contributed by atoms with Crippen LogP contribution < -0.4 is 9.64 Å². The number of hydrogen-bond donors (Lipinski definition) is 2. The summed E-state index contributed by atoms with van der Waals surface area (Å²) in [7, 11) is 1.43. The van der Waals surface area contributed by atoms with Crippen LogP contribution in [-0.4, -0.2) is 33.9 Å². The fraction of sp³-hybridized carbons (Fsp3) is 0.125. The normalized spacial score (nSPS) is 17.8. The molecule has 0 aliphatic carbocycles. The van der Waals surface area contributed by atoms with E-state index >= 15 is 0 Å². The van der Waals surface area contributed by atoms with Gasteiger partial charge in [-0.05, 0) is 49.4 Å². The predicted molar refractivity (Wildman–Crippen MR) is 122 cm³/mol. The summed E-state index contributed by atoms with van der Waals surface area (Å²) in [4.78, 5) is 35.2. The van der Waals surface area contributed by atoms with Gasteiger partial charge in [0.15, 0.2) is 0 Å². The largest absolute Gasteiger partial charge is 0.507 e. The van der Waals surface area contributed by atoms with Crippen molar-refractivity contribution in [1.29, 1.82) is 0 Å². The number of aliphatic hydroxyl groups excluding tert-OH is 1. The van der Waals surface area contributed by atoms with Gasteiger partial charge < -0.3 is 19.2 Å². The van der Waals surface area contributed by atoms with E-state index in [1.165, 1.54) is 18.1 Å². The Morgan fingerprint density at radius 2 is 1.97 bits per heavy atom. The molecule has 1 atom stereocenters. The zero-order valence-electron chi connectivity index (χ0n) is 17.6. The molecule has 8 nitrogen and oxygen atoms in total. The van der Waals surface area contributed by atoms with Crippen LogP contribution in [0.15, 0.2) is 64.6 Å². The second kappa shape index (κ2) is 7.83. The number of ketones is 1. The summed E-state index contributed by atoms with van der Waals surface area (Å²) >= 11 is 6.13. The summed E-state index contributed by atoms with van der Waals surface area (Å²) in [6, 6.07) is 14.2. The summed E-state index contributed by atoms with van der Waals surface area (Å²) in [5.41, 5.74) is 1.34. The Morgan fingerprint density at radius 3 is 2.67 bits per heavy atom. The van der Waals surface area contributed by atoms with Crippen molar-refractivity contribution >= 4 is 46.0 Å². The highest BCUT2D eigenvalue weighted by Gasteiger charge is 2.49. The van der Waals surface area contributed by atoms with Gasteiger partial charge in [0.05, 0.1) is 29.3 Å². The molecule has 1 aliphatic heterocycles. The monoisotopic (exact) mass is 463 g/mol. The van der Waals surface area contributed by atoms with Gasteiger partial charge in [0.2, 0.25) is 5.95 Å². The highest BCUT2D eigenvalue weighted by molar-refractivity contribution is 6.51. The minimum absolute atomic E-state index is 0.157. The van der Waals surface area contributed by atoms with E-state index in [4.69, 9.17) is 20.8 Å². The third-order valence-electron chi connectivity index (χ3n) is 5.50. The number of benzene rings is 2. The van der Waals surface area contributed by atoms with Gasteiger partial charge in [-0.2, -0.15) is 0 Å². The Kier molecular flexibility index (Phi) is 4.94. The number of amides is 1. The lowest BCUT2D eigenvalue weighted by Crippen LogP contribution is -2.30. The van der Waals surface area contributed by atoms with Gasteiger partial charge in [-0.3, -0.25) is 14.5 Å². The molecule has 3 heterocycles. The van der Waals surface area contributed by atoms with Crippen molar-refractivity contribution in [3.8, 4) is 5.75 Å². The van der Waals surface area contributed by atoms with Crippen LogP contribution in [0.4, 0.5) is 5.95 Å². The first kappa shape index (κ1) is 20.8. The summed E-state index contributed by atoms with van der Waals surface area (Å²) in [5.74, 6) is -0.819. The molecule has 5 rings (SSSR count). The number of furan rings is 1. The fourth-order valence-corrected chi connectivity index (χ4v) is 4.16. The van der Waals surface area contributed by atoms with Gasteiger partial charge in [0, 0.05) is 5.02 Å². The standard InChI is InChI=1S/C24H18ClN3O5/c1-12-7-9-18(33-12)20-19(21(29)14-11-13(25)8-10-17(14)32-2)22(30)23(31)28(20)24-26-15-5-3-4-6-16(15)27-24/h3-11,20,29H,1-2H3,(H,26,27)/b21-19+. The molecule has 1 fully saturated rings. The maximum atomic E-state index is 13.2. The molecule has 1 unspecified atom stereocenters. The van der Waals surface area contributed by atoms with Gasteiger partial charge in [-0.25, -0.2) is 4.98 Å². The van der Waals surface area contributed by atoms with Crippen LogP contribution in [0.5, 0.6) is 5.75 Å². The number of carbonyl (C=O) groups is 2. The number of fused-ring (bicyclic) bond motifs is 1. The van der Waals surface area contributed by atoms with E-state index in [-0.39, 0.29) is 17.1 Å². The lowest BCUT2D eigenvalue weighted by molar-refractivity contribution is -0.132. The first-order valence-corrected chi connectivity index (χ1v) is 10.4. The van der Waals surface area contributed by atoms with E-state index in [2.05, 4.69) is 9.97 Å². The fourth-order valence-electron chi connectivity index (χ4n) is 3.98. The minimum atomic E-state index is -1.05. The number of H-pyrrole nitrogens is 1. The van der Waals surface area contributed by atoms with Crippen LogP contribution in [0.1, 0.15) is 23.1 Å². The number of aromatic amines is 1. The SMILES string of the molecule is COc1ccc(Cl)cc1/C(O)=C1\C(=O)C(=O)N(c2nc3ccccc3[nH]2)C1c1ccc(C)o1. The van der Waals surface area contributed by atoms with E-state index in [1.54, 1.807) is 37.3 Å². The molecule has 1 amide bonds. The van der Waals surface area contributed by atoms with Crippen LogP contribution in [0.2, 0.25) is 5.02 Å². The molecule has 0 radical (unpaired) electrons. The smallest absolute Gasteiger partial charge is 0.302 e. The number of Topliss-reactive ketones (excluding diaryl/α,β-unsaturated/α-hetero) is 1. The minimum Gasteiger partial charge on any atom is -0.507 e.